The van der Waals surface area contributed by atoms with E-state index in [9.17, 15) is 8.78 Å². The highest BCUT2D eigenvalue weighted by molar-refractivity contribution is 6.30. The topological polar surface area (TPSA) is 24.5 Å². The minimum atomic E-state index is -2.82. The van der Waals surface area contributed by atoms with Gasteiger partial charge in [-0.3, -0.25) is 4.90 Å². The molecule has 0 spiro atoms. The molecule has 3 nitrogen and oxygen atoms in total. The van der Waals surface area contributed by atoms with Gasteiger partial charge in [-0.05, 0) is 24.7 Å². The van der Waals surface area contributed by atoms with E-state index in [1.807, 2.05) is 0 Å². The van der Waals surface area contributed by atoms with Crippen LogP contribution in [0.1, 0.15) is 12.5 Å². The summed E-state index contributed by atoms with van der Waals surface area (Å²) in [6.07, 6.45) is 0. The van der Waals surface area contributed by atoms with Crippen molar-refractivity contribution in [2.45, 2.75) is 26.1 Å². The molecule has 0 unspecified atom stereocenters. The lowest BCUT2D eigenvalue weighted by molar-refractivity contribution is -0.0509. The molecule has 1 N–H and O–H groups in total. The van der Waals surface area contributed by atoms with Crippen molar-refractivity contribution in [1.29, 1.82) is 0 Å². The molecule has 1 heterocycles. The predicted octanol–water partition coefficient (Wildman–Crippen LogP) is 2.74. The normalized spacial score (nSPS) is 15.9. The molecule has 0 radical (unpaired) electrons. The number of nitrogens with one attached hydrogen (secondary N) is 1. The highest BCUT2D eigenvalue weighted by Crippen LogP contribution is 2.26. The molecule has 1 aliphatic heterocycles. The summed E-state index contributed by atoms with van der Waals surface area (Å²) >= 11 is 5.93. The summed E-state index contributed by atoms with van der Waals surface area (Å²) in [5.41, 5.74) is 0.696. The maximum atomic E-state index is 12.4. The minimum absolute atomic E-state index is 0.199. The average Bonchev–Trinajstić information content (AvgIpc) is 2.28. The number of ether oxygens (including phenoxy) is 1. The zero-order chi connectivity index (χ0) is 13.8. The zero-order valence-corrected chi connectivity index (χ0v) is 11.5. The van der Waals surface area contributed by atoms with E-state index >= 15 is 0 Å². The van der Waals surface area contributed by atoms with Gasteiger partial charge in [-0.1, -0.05) is 18.5 Å². The number of benzene rings is 1. The van der Waals surface area contributed by atoms with Gasteiger partial charge in [0.15, 0.2) is 0 Å². The maximum Gasteiger partial charge on any atom is 0.387 e. The van der Waals surface area contributed by atoms with Crippen LogP contribution in [-0.4, -0.2) is 37.2 Å². The molecule has 0 amide bonds. The van der Waals surface area contributed by atoms with Crippen LogP contribution in [0.4, 0.5) is 8.78 Å². The molecule has 0 aliphatic carbocycles. The summed E-state index contributed by atoms with van der Waals surface area (Å²) in [6, 6.07) is 5.19. The lowest BCUT2D eigenvalue weighted by atomic mass is 10.1. The standard InChI is InChI=1S/C13H17ClF2N2O/c1-2-18(11-6-17-7-11)8-9-5-10(14)3-4-12(9)19-13(15)16/h3-5,11,13,17H,2,6-8H2,1H3. The predicted molar refractivity (Wildman–Crippen MR) is 70.8 cm³/mol. The summed E-state index contributed by atoms with van der Waals surface area (Å²) in [6.45, 7) is 2.51. The number of rotatable bonds is 6. The van der Waals surface area contributed by atoms with E-state index in [1.165, 1.54) is 6.07 Å². The highest BCUT2D eigenvalue weighted by Gasteiger charge is 2.24. The molecular formula is C13H17ClF2N2O. The number of alkyl halides is 2. The van der Waals surface area contributed by atoms with Gasteiger partial charge in [0, 0.05) is 36.3 Å². The number of halogens is 3. The SMILES string of the molecule is CCN(Cc1cc(Cl)ccc1OC(F)F)C1CNC1. The highest BCUT2D eigenvalue weighted by atomic mass is 35.5. The van der Waals surface area contributed by atoms with Gasteiger partial charge in [0.25, 0.3) is 0 Å². The third-order valence-electron chi connectivity index (χ3n) is 3.29. The number of likely N-dealkylation sites (N-methyl/N-ethyl adjacent to an activating group) is 1. The van der Waals surface area contributed by atoms with Gasteiger partial charge < -0.3 is 10.1 Å². The molecular weight excluding hydrogens is 274 g/mol. The van der Waals surface area contributed by atoms with Gasteiger partial charge in [0.05, 0.1) is 0 Å². The Morgan fingerprint density at radius 2 is 2.21 bits per heavy atom. The van der Waals surface area contributed by atoms with E-state index in [1.54, 1.807) is 12.1 Å². The quantitative estimate of drug-likeness (QED) is 0.872. The van der Waals surface area contributed by atoms with Crippen LogP contribution in [0.25, 0.3) is 0 Å². The fourth-order valence-corrected chi connectivity index (χ4v) is 2.33. The minimum Gasteiger partial charge on any atom is -0.434 e. The molecule has 2 rings (SSSR count). The molecule has 1 aliphatic rings. The summed E-state index contributed by atoms with van der Waals surface area (Å²) in [5, 5.41) is 3.73. The third-order valence-corrected chi connectivity index (χ3v) is 3.53. The van der Waals surface area contributed by atoms with Crippen LogP contribution in [0.5, 0.6) is 5.75 Å². The maximum absolute atomic E-state index is 12.4. The average molecular weight is 291 g/mol. The van der Waals surface area contributed by atoms with Crippen molar-refractivity contribution in [3.05, 3.63) is 28.8 Å². The van der Waals surface area contributed by atoms with Crippen LogP contribution in [0.2, 0.25) is 5.02 Å². The van der Waals surface area contributed by atoms with Gasteiger partial charge in [-0.15, -0.1) is 0 Å². The second-order valence-corrected chi connectivity index (χ2v) is 4.94. The molecule has 0 bridgehead atoms. The molecule has 106 valence electrons. The van der Waals surface area contributed by atoms with Crippen LogP contribution in [0.15, 0.2) is 18.2 Å². The number of nitrogens with zero attached hydrogens (tertiary/aromatic N) is 1. The Labute approximate surface area is 116 Å². The van der Waals surface area contributed by atoms with Crippen molar-refractivity contribution in [3.8, 4) is 5.75 Å². The number of hydrogen-bond donors (Lipinski definition) is 1. The molecule has 1 aromatic rings. The molecule has 0 aromatic heterocycles. The lowest BCUT2D eigenvalue weighted by Gasteiger charge is -2.37. The van der Waals surface area contributed by atoms with E-state index in [0.717, 1.165) is 19.6 Å². The lowest BCUT2D eigenvalue weighted by Crippen LogP contribution is -2.56. The van der Waals surface area contributed by atoms with Crippen LogP contribution in [-0.2, 0) is 6.54 Å². The Bertz CT molecular complexity index is 427. The fourth-order valence-electron chi connectivity index (χ4n) is 2.13. The van der Waals surface area contributed by atoms with Crippen molar-refractivity contribution in [1.82, 2.24) is 10.2 Å². The second kappa shape index (κ2) is 6.50. The number of hydrogen-bond acceptors (Lipinski definition) is 3. The molecule has 0 atom stereocenters. The summed E-state index contributed by atoms with van der Waals surface area (Å²) < 4.78 is 29.3. The van der Waals surface area contributed by atoms with Crippen LogP contribution in [0.3, 0.4) is 0 Å². The van der Waals surface area contributed by atoms with E-state index in [2.05, 4.69) is 21.9 Å². The molecule has 1 fully saturated rings. The van der Waals surface area contributed by atoms with E-state index < -0.39 is 6.61 Å². The van der Waals surface area contributed by atoms with Crippen molar-refractivity contribution >= 4 is 11.6 Å². The van der Waals surface area contributed by atoms with Crippen molar-refractivity contribution in [3.63, 3.8) is 0 Å². The zero-order valence-electron chi connectivity index (χ0n) is 10.7. The second-order valence-electron chi connectivity index (χ2n) is 4.51. The first-order valence-corrected chi connectivity index (χ1v) is 6.66. The van der Waals surface area contributed by atoms with Crippen molar-refractivity contribution in [2.24, 2.45) is 0 Å². The van der Waals surface area contributed by atoms with Gasteiger partial charge in [-0.2, -0.15) is 8.78 Å². The summed E-state index contributed by atoms with van der Waals surface area (Å²) in [5.74, 6) is 0.199. The van der Waals surface area contributed by atoms with Crippen molar-refractivity contribution in [2.75, 3.05) is 19.6 Å². The van der Waals surface area contributed by atoms with Crippen LogP contribution >= 0.6 is 11.6 Å². The van der Waals surface area contributed by atoms with Crippen LogP contribution in [0, 0.1) is 0 Å². The first kappa shape index (κ1) is 14.5. The molecule has 0 saturated carbocycles. The Balaban J connectivity index is 2.14. The van der Waals surface area contributed by atoms with Crippen LogP contribution < -0.4 is 10.1 Å². The van der Waals surface area contributed by atoms with Gasteiger partial charge in [0.2, 0.25) is 0 Å². The molecule has 1 aromatic carbocycles. The van der Waals surface area contributed by atoms with E-state index in [-0.39, 0.29) is 5.75 Å². The smallest absolute Gasteiger partial charge is 0.387 e. The first-order valence-electron chi connectivity index (χ1n) is 6.28. The van der Waals surface area contributed by atoms with Gasteiger partial charge in [-0.25, -0.2) is 0 Å². The Hall–Kier alpha value is -0.910. The van der Waals surface area contributed by atoms with Gasteiger partial charge in [0.1, 0.15) is 5.75 Å². The Kier molecular flexibility index (Phi) is 4.96. The van der Waals surface area contributed by atoms with Gasteiger partial charge >= 0.3 is 6.61 Å². The molecule has 19 heavy (non-hydrogen) atoms. The monoisotopic (exact) mass is 290 g/mol. The third kappa shape index (κ3) is 3.78. The Morgan fingerprint density at radius 1 is 1.47 bits per heavy atom. The largest absolute Gasteiger partial charge is 0.434 e. The van der Waals surface area contributed by atoms with Crippen molar-refractivity contribution < 1.29 is 13.5 Å². The molecule has 1 saturated heterocycles. The fraction of sp³-hybridized carbons (Fsp3) is 0.538. The Morgan fingerprint density at radius 3 is 2.74 bits per heavy atom. The summed E-state index contributed by atoms with van der Waals surface area (Å²) in [7, 11) is 0. The first-order chi connectivity index (χ1) is 9.10. The summed E-state index contributed by atoms with van der Waals surface area (Å²) in [4.78, 5) is 2.22. The van der Waals surface area contributed by atoms with E-state index in [4.69, 9.17) is 11.6 Å². The molecule has 6 heteroatoms. The van der Waals surface area contributed by atoms with E-state index in [0.29, 0.717) is 23.2 Å².